The van der Waals surface area contributed by atoms with E-state index in [1.54, 1.807) is 11.3 Å². The van der Waals surface area contributed by atoms with Gasteiger partial charge < -0.3 is 5.32 Å². The summed E-state index contributed by atoms with van der Waals surface area (Å²) in [6.07, 6.45) is 2.26. The Morgan fingerprint density at radius 1 is 1.40 bits per heavy atom. The van der Waals surface area contributed by atoms with Crippen LogP contribution in [0.1, 0.15) is 25.8 Å². The van der Waals surface area contributed by atoms with E-state index in [-0.39, 0.29) is 0 Å². The molecular weight excluding hydrogens is 204 g/mol. The van der Waals surface area contributed by atoms with Gasteiger partial charge in [0.1, 0.15) is 5.82 Å². The molecule has 0 unspecified atom stereocenters. The van der Waals surface area contributed by atoms with E-state index in [0.717, 1.165) is 30.7 Å². The van der Waals surface area contributed by atoms with Gasteiger partial charge in [-0.05, 0) is 36.4 Å². The zero-order chi connectivity index (χ0) is 10.7. The number of fused-ring (bicyclic) bond motifs is 1. The maximum Gasteiger partial charge on any atom is 0.129 e. The molecule has 3 heteroatoms. The number of pyridine rings is 1. The standard InChI is InChI=1S/C12H16N2S/c1-3-5-9-8-11-10(6-7-15-11)14-12(9)13-4-2/h6-8H,3-5H2,1-2H3,(H,13,14). The lowest BCUT2D eigenvalue weighted by molar-refractivity contribution is 0.916. The fourth-order valence-corrected chi connectivity index (χ4v) is 2.50. The highest BCUT2D eigenvalue weighted by molar-refractivity contribution is 7.17. The molecule has 1 N–H and O–H groups in total. The quantitative estimate of drug-likeness (QED) is 0.850. The molecule has 0 bridgehead atoms. The number of rotatable bonds is 4. The van der Waals surface area contributed by atoms with Gasteiger partial charge in [-0.1, -0.05) is 13.3 Å². The van der Waals surface area contributed by atoms with Crippen LogP contribution in [-0.4, -0.2) is 11.5 Å². The van der Waals surface area contributed by atoms with E-state index >= 15 is 0 Å². The fraction of sp³-hybridized carbons (Fsp3) is 0.417. The van der Waals surface area contributed by atoms with Gasteiger partial charge in [0.25, 0.3) is 0 Å². The number of aryl methyl sites for hydroxylation is 1. The van der Waals surface area contributed by atoms with Gasteiger partial charge in [-0.25, -0.2) is 4.98 Å². The molecule has 0 amide bonds. The van der Waals surface area contributed by atoms with E-state index in [1.807, 2.05) is 0 Å². The van der Waals surface area contributed by atoms with Gasteiger partial charge in [0, 0.05) is 6.54 Å². The van der Waals surface area contributed by atoms with Crippen molar-refractivity contribution in [2.24, 2.45) is 0 Å². The number of thiophene rings is 1. The second-order valence-electron chi connectivity index (χ2n) is 3.58. The average molecular weight is 220 g/mol. The molecule has 0 aliphatic carbocycles. The summed E-state index contributed by atoms with van der Waals surface area (Å²) in [5.41, 5.74) is 2.45. The Labute approximate surface area is 94.3 Å². The Morgan fingerprint density at radius 2 is 2.27 bits per heavy atom. The van der Waals surface area contributed by atoms with Crippen molar-refractivity contribution in [3.05, 3.63) is 23.1 Å². The molecule has 0 aliphatic heterocycles. The van der Waals surface area contributed by atoms with Crippen LogP contribution in [-0.2, 0) is 6.42 Å². The third kappa shape index (κ3) is 2.12. The molecule has 2 aromatic rings. The minimum atomic E-state index is 0.930. The first-order valence-corrected chi connectivity index (χ1v) is 6.34. The van der Waals surface area contributed by atoms with Gasteiger partial charge in [0.2, 0.25) is 0 Å². The summed E-state index contributed by atoms with van der Waals surface area (Å²) in [7, 11) is 0. The predicted molar refractivity (Wildman–Crippen MR) is 67.8 cm³/mol. The summed E-state index contributed by atoms with van der Waals surface area (Å²) in [6, 6.07) is 4.35. The first kappa shape index (κ1) is 10.4. The Balaban J connectivity index is 2.47. The summed E-state index contributed by atoms with van der Waals surface area (Å²) >= 11 is 1.76. The van der Waals surface area contributed by atoms with Crippen molar-refractivity contribution in [3.63, 3.8) is 0 Å². The number of anilines is 1. The lowest BCUT2D eigenvalue weighted by Gasteiger charge is -2.08. The van der Waals surface area contributed by atoms with Crippen molar-refractivity contribution in [1.29, 1.82) is 0 Å². The molecule has 0 spiro atoms. The minimum Gasteiger partial charge on any atom is -0.370 e. The number of hydrogen-bond acceptors (Lipinski definition) is 3. The summed E-state index contributed by atoms with van der Waals surface area (Å²) in [5, 5.41) is 5.44. The van der Waals surface area contributed by atoms with Gasteiger partial charge >= 0.3 is 0 Å². The average Bonchev–Trinajstić information content (AvgIpc) is 2.66. The van der Waals surface area contributed by atoms with E-state index < -0.39 is 0 Å². The van der Waals surface area contributed by atoms with Crippen molar-refractivity contribution in [3.8, 4) is 0 Å². The number of nitrogens with zero attached hydrogens (tertiary/aromatic N) is 1. The Bertz CT molecular complexity index is 408. The van der Waals surface area contributed by atoms with E-state index in [0.29, 0.717) is 0 Å². The smallest absolute Gasteiger partial charge is 0.129 e. The van der Waals surface area contributed by atoms with Crippen molar-refractivity contribution in [2.75, 3.05) is 11.9 Å². The zero-order valence-corrected chi connectivity index (χ0v) is 10.0. The summed E-state index contributed by atoms with van der Waals surface area (Å²) < 4.78 is 1.29. The molecule has 0 aromatic carbocycles. The molecule has 0 fully saturated rings. The number of nitrogens with one attached hydrogen (secondary N) is 1. The summed E-state index contributed by atoms with van der Waals surface area (Å²) in [4.78, 5) is 4.64. The van der Waals surface area contributed by atoms with E-state index in [2.05, 4.69) is 41.7 Å². The van der Waals surface area contributed by atoms with Gasteiger partial charge in [-0.2, -0.15) is 0 Å². The third-order valence-electron chi connectivity index (χ3n) is 2.38. The first-order valence-electron chi connectivity index (χ1n) is 5.46. The molecule has 80 valence electrons. The topological polar surface area (TPSA) is 24.9 Å². The second kappa shape index (κ2) is 4.62. The van der Waals surface area contributed by atoms with Crippen LogP contribution in [0.5, 0.6) is 0 Å². The van der Waals surface area contributed by atoms with Gasteiger partial charge in [0.05, 0.1) is 10.2 Å². The summed E-state index contributed by atoms with van der Waals surface area (Å²) in [5.74, 6) is 1.06. The highest BCUT2D eigenvalue weighted by atomic mass is 32.1. The lowest BCUT2D eigenvalue weighted by Crippen LogP contribution is -2.03. The van der Waals surface area contributed by atoms with Gasteiger partial charge in [-0.15, -0.1) is 11.3 Å². The molecule has 2 rings (SSSR count). The predicted octanol–water partition coefficient (Wildman–Crippen LogP) is 3.68. The van der Waals surface area contributed by atoms with Crippen LogP contribution < -0.4 is 5.32 Å². The van der Waals surface area contributed by atoms with Crippen molar-refractivity contribution in [2.45, 2.75) is 26.7 Å². The molecule has 0 radical (unpaired) electrons. The van der Waals surface area contributed by atoms with E-state index in [1.165, 1.54) is 10.3 Å². The van der Waals surface area contributed by atoms with Crippen LogP contribution in [0.4, 0.5) is 5.82 Å². The second-order valence-corrected chi connectivity index (χ2v) is 4.53. The molecular formula is C12H16N2S. The van der Waals surface area contributed by atoms with Crippen LogP contribution in [0.3, 0.4) is 0 Å². The molecule has 0 saturated carbocycles. The van der Waals surface area contributed by atoms with Gasteiger partial charge in [-0.3, -0.25) is 0 Å². The number of hydrogen-bond donors (Lipinski definition) is 1. The first-order chi connectivity index (χ1) is 7.35. The van der Waals surface area contributed by atoms with Crippen LogP contribution in [0, 0.1) is 0 Å². The zero-order valence-electron chi connectivity index (χ0n) is 9.21. The Hall–Kier alpha value is -1.09. The minimum absolute atomic E-state index is 0.930. The van der Waals surface area contributed by atoms with E-state index in [9.17, 15) is 0 Å². The maximum absolute atomic E-state index is 4.64. The molecule has 2 heterocycles. The molecule has 0 atom stereocenters. The normalized spacial score (nSPS) is 10.8. The Kier molecular flexibility index (Phi) is 3.21. The molecule has 2 nitrogen and oxygen atoms in total. The van der Waals surface area contributed by atoms with Crippen LogP contribution >= 0.6 is 11.3 Å². The Morgan fingerprint density at radius 3 is 3.00 bits per heavy atom. The summed E-state index contributed by atoms with van der Waals surface area (Å²) in [6.45, 7) is 5.24. The maximum atomic E-state index is 4.64. The SMILES string of the molecule is CCCc1cc2sccc2nc1NCC. The molecule has 15 heavy (non-hydrogen) atoms. The lowest BCUT2D eigenvalue weighted by atomic mass is 10.1. The van der Waals surface area contributed by atoms with Crippen LogP contribution in [0.15, 0.2) is 17.5 Å². The monoisotopic (exact) mass is 220 g/mol. The number of aromatic nitrogens is 1. The van der Waals surface area contributed by atoms with E-state index in [4.69, 9.17) is 0 Å². The molecule has 0 aliphatic rings. The van der Waals surface area contributed by atoms with Crippen molar-refractivity contribution in [1.82, 2.24) is 4.98 Å². The highest BCUT2D eigenvalue weighted by Gasteiger charge is 2.05. The molecule has 2 aromatic heterocycles. The largest absolute Gasteiger partial charge is 0.370 e. The van der Waals surface area contributed by atoms with Crippen LogP contribution in [0.25, 0.3) is 10.2 Å². The third-order valence-corrected chi connectivity index (χ3v) is 3.23. The fourth-order valence-electron chi connectivity index (χ4n) is 1.71. The van der Waals surface area contributed by atoms with Crippen molar-refractivity contribution >= 4 is 27.4 Å². The highest BCUT2D eigenvalue weighted by Crippen LogP contribution is 2.25. The molecule has 0 saturated heterocycles. The van der Waals surface area contributed by atoms with Crippen LogP contribution in [0.2, 0.25) is 0 Å². The van der Waals surface area contributed by atoms with Gasteiger partial charge in [0.15, 0.2) is 0 Å². The van der Waals surface area contributed by atoms with Crippen molar-refractivity contribution < 1.29 is 0 Å².